The fourth-order valence-corrected chi connectivity index (χ4v) is 2.32. The van der Waals surface area contributed by atoms with Gasteiger partial charge in [0.2, 0.25) is 6.41 Å². The number of carbonyl (C=O) groups excluding carboxylic acids is 1. The molecule has 1 fully saturated rings. The molecule has 18 heavy (non-hydrogen) atoms. The molecule has 1 saturated heterocycles. The molecule has 1 aliphatic rings. The summed E-state index contributed by atoms with van der Waals surface area (Å²) in [6.07, 6.45) is 2.84. The Hall–Kier alpha value is -2.10. The minimum absolute atomic E-state index is 0.788. The van der Waals surface area contributed by atoms with Crippen LogP contribution in [0.2, 0.25) is 0 Å². The summed E-state index contributed by atoms with van der Waals surface area (Å²) >= 11 is 0. The Balaban J connectivity index is 1.84. The molecule has 1 amide bonds. The van der Waals surface area contributed by atoms with Crippen molar-refractivity contribution >= 4 is 23.0 Å². The Morgan fingerprint density at radius 1 is 1.11 bits per heavy atom. The van der Waals surface area contributed by atoms with E-state index in [1.165, 1.54) is 0 Å². The quantitative estimate of drug-likeness (QED) is 0.748. The second kappa shape index (κ2) is 4.64. The first-order valence-corrected chi connectivity index (χ1v) is 6.16. The van der Waals surface area contributed by atoms with Crippen molar-refractivity contribution in [2.75, 3.05) is 31.1 Å². The molecule has 92 valence electrons. The van der Waals surface area contributed by atoms with E-state index in [0.29, 0.717) is 0 Å². The fourth-order valence-electron chi connectivity index (χ4n) is 2.32. The molecule has 0 saturated carbocycles. The van der Waals surface area contributed by atoms with Gasteiger partial charge in [0.1, 0.15) is 0 Å². The van der Waals surface area contributed by atoms with E-state index in [4.69, 9.17) is 0 Å². The fraction of sp³-hybridized carbons (Fsp3) is 0.286. The molecular formula is C14H15N3O. The van der Waals surface area contributed by atoms with Crippen LogP contribution in [0.1, 0.15) is 0 Å². The lowest BCUT2D eigenvalue weighted by Gasteiger charge is -2.34. The Bertz CT molecular complexity index is 562. The molecule has 0 spiro atoms. The molecule has 4 nitrogen and oxygen atoms in total. The summed E-state index contributed by atoms with van der Waals surface area (Å²) in [4.78, 5) is 19.2. The van der Waals surface area contributed by atoms with Crippen molar-refractivity contribution in [3.63, 3.8) is 0 Å². The highest BCUT2D eigenvalue weighted by Crippen LogP contribution is 2.20. The van der Waals surface area contributed by atoms with Crippen LogP contribution < -0.4 is 4.90 Å². The minimum atomic E-state index is 0.788. The van der Waals surface area contributed by atoms with Crippen LogP contribution in [-0.4, -0.2) is 42.5 Å². The largest absolute Gasteiger partial charge is 0.367 e. The van der Waals surface area contributed by atoms with Crippen molar-refractivity contribution in [1.82, 2.24) is 9.88 Å². The van der Waals surface area contributed by atoms with Crippen molar-refractivity contribution < 1.29 is 4.79 Å². The van der Waals surface area contributed by atoms with Gasteiger partial charge >= 0.3 is 0 Å². The maximum absolute atomic E-state index is 10.7. The number of para-hydroxylation sites is 1. The normalized spacial score (nSPS) is 16.0. The van der Waals surface area contributed by atoms with Crippen LogP contribution in [0.25, 0.3) is 10.9 Å². The lowest BCUT2D eigenvalue weighted by atomic mass is 10.2. The number of hydrogen-bond acceptors (Lipinski definition) is 3. The number of piperazine rings is 1. The van der Waals surface area contributed by atoms with Gasteiger partial charge in [-0.2, -0.15) is 0 Å². The maximum atomic E-state index is 10.7. The molecule has 2 heterocycles. The standard InChI is InChI=1S/C14H15N3O/c18-11-16-5-7-17(8-6-16)13-9-12-3-1-2-4-14(12)15-10-13/h1-4,9-11H,5-8H2. The molecule has 0 bridgehead atoms. The van der Waals surface area contributed by atoms with Gasteiger partial charge in [0.25, 0.3) is 0 Å². The Morgan fingerprint density at radius 2 is 1.89 bits per heavy atom. The molecule has 2 aromatic rings. The second-order valence-electron chi connectivity index (χ2n) is 4.51. The zero-order valence-electron chi connectivity index (χ0n) is 10.1. The van der Waals surface area contributed by atoms with Gasteiger partial charge in [0, 0.05) is 31.6 Å². The lowest BCUT2D eigenvalue weighted by molar-refractivity contribution is -0.118. The number of carbonyl (C=O) groups is 1. The second-order valence-corrected chi connectivity index (χ2v) is 4.51. The van der Waals surface area contributed by atoms with E-state index in [2.05, 4.69) is 22.0 Å². The molecule has 0 N–H and O–H groups in total. The molecule has 1 aromatic carbocycles. The average molecular weight is 241 g/mol. The zero-order valence-corrected chi connectivity index (χ0v) is 10.1. The number of hydrogen-bond donors (Lipinski definition) is 0. The van der Waals surface area contributed by atoms with Crippen LogP contribution in [0, 0.1) is 0 Å². The summed E-state index contributed by atoms with van der Waals surface area (Å²) < 4.78 is 0. The first-order valence-electron chi connectivity index (χ1n) is 6.16. The number of nitrogens with zero attached hydrogens (tertiary/aromatic N) is 3. The van der Waals surface area contributed by atoms with E-state index < -0.39 is 0 Å². The highest BCUT2D eigenvalue weighted by atomic mass is 16.1. The van der Waals surface area contributed by atoms with Crippen LogP contribution in [0.4, 0.5) is 5.69 Å². The first kappa shape index (κ1) is 11.0. The van der Waals surface area contributed by atoms with Crippen molar-refractivity contribution in [2.24, 2.45) is 0 Å². The molecule has 0 unspecified atom stereocenters. The van der Waals surface area contributed by atoms with Gasteiger partial charge in [0.05, 0.1) is 17.4 Å². The van der Waals surface area contributed by atoms with Gasteiger partial charge < -0.3 is 9.80 Å². The van der Waals surface area contributed by atoms with Crippen molar-refractivity contribution in [1.29, 1.82) is 0 Å². The zero-order chi connectivity index (χ0) is 12.4. The third-order valence-electron chi connectivity index (χ3n) is 3.40. The van der Waals surface area contributed by atoms with Gasteiger partial charge in [-0.1, -0.05) is 18.2 Å². The number of anilines is 1. The van der Waals surface area contributed by atoms with E-state index >= 15 is 0 Å². The Labute approximate surface area is 106 Å². The number of benzene rings is 1. The topological polar surface area (TPSA) is 36.4 Å². The minimum Gasteiger partial charge on any atom is -0.367 e. The summed E-state index contributed by atoms with van der Waals surface area (Å²) in [5.74, 6) is 0. The van der Waals surface area contributed by atoms with E-state index in [0.717, 1.165) is 49.2 Å². The van der Waals surface area contributed by atoms with Gasteiger partial charge in [0.15, 0.2) is 0 Å². The molecule has 0 aliphatic carbocycles. The lowest BCUT2D eigenvalue weighted by Crippen LogP contribution is -2.45. The van der Waals surface area contributed by atoms with Gasteiger partial charge in [-0.25, -0.2) is 0 Å². The predicted molar refractivity (Wildman–Crippen MR) is 71.6 cm³/mol. The van der Waals surface area contributed by atoms with Crippen molar-refractivity contribution in [3.05, 3.63) is 36.5 Å². The average Bonchev–Trinajstić information content (AvgIpc) is 2.47. The molecule has 0 atom stereocenters. The summed E-state index contributed by atoms with van der Waals surface area (Å²) in [5.41, 5.74) is 2.16. The maximum Gasteiger partial charge on any atom is 0.209 e. The highest BCUT2D eigenvalue weighted by Gasteiger charge is 2.15. The monoisotopic (exact) mass is 241 g/mol. The number of pyridine rings is 1. The SMILES string of the molecule is O=CN1CCN(c2cnc3ccccc3c2)CC1. The van der Waals surface area contributed by atoms with Crippen LogP contribution in [0.5, 0.6) is 0 Å². The van der Waals surface area contributed by atoms with Crippen molar-refractivity contribution in [2.45, 2.75) is 0 Å². The highest BCUT2D eigenvalue weighted by molar-refractivity contribution is 5.81. The van der Waals surface area contributed by atoms with Gasteiger partial charge in [-0.3, -0.25) is 9.78 Å². The Kier molecular flexibility index (Phi) is 2.84. The van der Waals surface area contributed by atoms with E-state index in [1.807, 2.05) is 29.3 Å². The van der Waals surface area contributed by atoms with Gasteiger partial charge in [-0.15, -0.1) is 0 Å². The smallest absolute Gasteiger partial charge is 0.209 e. The van der Waals surface area contributed by atoms with E-state index in [1.54, 1.807) is 0 Å². The van der Waals surface area contributed by atoms with Crippen LogP contribution in [0.15, 0.2) is 36.5 Å². The van der Waals surface area contributed by atoms with Crippen molar-refractivity contribution in [3.8, 4) is 0 Å². The molecule has 0 radical (unpaired) electrons. The van der Waals surface area contributed by atoms with Crippen LogP contribution in [-0.2, 0) is 4.79 Å². The first-order chi connectivity index (χ1) is 8.86. The number of fused-ring (bicyclic) bond motifs is 1. The summed E-state index contributed by atoms with van der Waals surface area (Å²) in [6, 6.07) is 10.3. The number of amides is 1. The van der Waals surface area contributed by atoms with Gasteiger partial charge in [-0.05, 0) is 12.1 Å². The molecule has 1 aliphatic heterocycles. The number of aromatic nitrogens is 1. The summed E-state index contributed by atoms with van der Waals surface area (Å²) in [5, 5.41) is 1.16. The summed E-state index contributed by atoms with van der Waals surface area (Å²) in [7, 11) is 0. The van der Waals surface area contributed by atoms with Crippen LogP contribution >= 0.6 is 0 Å². The van der Waals surface area contributed by atoms with Crippen LogP contribution in [0.3, 0.4) is 0 Å². The molecular weight excluding hydrogens is 226 g/mol. The third-order valence-corrected chi connectivity index (χ3v) is 3.40. The summed E-state index contributed by atoms with van der Waals surface area (Å²) in [6.45, 7) is 3.32. The molecule has 3 rings (SSSR count). The predicted octanol–water partition coefficient (Wildman–Crippen LogP) is 1.51. The third kappa shape index (κ3) is 2.01. The molecule has 4 heteroatoms. The molecule has 1 aromatic heterocycles. The number of rotatable bonds is 2. The van der Waals surface area contributed by atoms with E-state index in [-0.39, 0.29) is 0 Å². The van der Waals surface area contributed by atoms with E-state index in [9.17, 15) is 4.79 Å². The Morgan fingerprint density at radius 3 is 2.67 bits per heavy atom.